The molecule has 0 heterocycles. The topological polar surface area (TPSA) is 54.4 Å². The van der Waals surface area contributed by atoms with Crippen molar-refractivity contribution in [2.75, 3.05) is 0 Å². The Morgan fingerprint density at radius 3 is 1.50 bits per heavy atom. The lowest BCUT2D eigenvalue weighted by molar-refractivity contribution is -0.124. The summed E-state index contributed by atoms with van der Waals surface area (Å²) in [7, 11) is 0. The third-order valence-corrected chi connectivity index (χ3v) is 1.09. The average molecular weight is 174 g/mol. The van der Waals surface area contributed by atoms with Crippen LogP contribution in [0.4, 0.5) is 0 Å². The second-order valence-electron chi connectivity index (χ2n) is 2.84. The van der Waals surface area contributed by atoms with Crippen LogP contribution < -0.4 is 0 Å². The van der Waals surface area contributed by atoms with E-state index in [0.29, 0.717) is 0 Å². The monoisotopic (exact) mass is 174 g/mol. The van der Waals surface area contributed by atoms with Crippen LogP contribution in [-0.2, 0) is 9.59 Å². The van der Waals surface area contributed by atoms with E-state index in [4.69, 9.17) is 5.11 Å². The van der Waals surface area contributed by atoms with Crippen molar-refractivity contribution in [3.63, 3.8) is 0 Å². The molecule has 0 saturated heterocycles. The van der Waals surface area contributed by atoms with Gasteiger partial charge in [0.2, 0.25) is 0 Å². The number of rotatable bonds is 3. The highest BCUT2D eigenvalue weighted by molar-refractivity contribution is 5.96. The summed E-state index contributed by atoms with van der Waals surface area (Å²) in [5.41, 5.74) is 0. The highest BCUT2D eigenvalue weighted by atomic mass is 16.3. The largest absolute Gasteiger partial charge is 0.393 e. The Morgan fingerprint density at radius 2 is 1.50 bits per heavy atom. The molecule has 0 radical (unpaired) electrons. The third kappa shape index (κ3) is 22.8. The number of aliphatic hydroxyl groups excluding tert-OH is 1. The fourth-order valence-electron chi connectivity index (χ4n) is 0.351. The lowest BCUT2D eigenvalue weighted by Gasteiger charge is -1.90. The molecule has 0 aliphatic heterocycles. The molecule has 3 nitrogen and oxygen atoms in total. The van der Waals surface area contributed by atoms with E-state index in [-0.39, 0.29) is 24.1 Å². The summed E-state index contributed by atoms with van der Waals surface area (Å²) in [4.78, 5) is 20.1. The van der Waals surface area contributed by atoms with Crippen LogP contribution >= 0.6 is 0 Å². The Hall–Kier alpha value is -0.700. The van der Waals surface area contributed by atoms with Crippen molar-refractivity contribution in [1.82, 2.24) is 0 Å². The van der Waals surface area contributed by atoms with E-state index in [2.05, 4.69) is 0 Å². The average Bonchev–Trinajstić information content (AvgIpc) is 1.85. The summed E-state index contributed by atoms with van der Waals surface area (Å²) < 4.78 is 0. The Kier molecular flexibility index (Phi) is 9.70. The van der Waals surface area contributed by atoms with Crippen molar-refractivity contribution in [2.24, 2.45) is 0 Å². The molecule has 1 atom stereocenters. The maximum absolute atomic E-state index is 10.0. The molecule has 0 aliphatic carbocycles. The smallest absolute Gasteiger partial charge is 0.137 e. The molecule has 1 N–H and O–H groups in total. The van der Waals surface area contributed by atoms with Gasteiger partial charge in [0.15, 0.2) is 0 Å². The number of hydrogen-bond acceptors (Lipinski definition) is 3. The van der Waals surface area contributed by atoms with Gasteiger partial charge in [-0.2, -0.15) is 0 Å². The van der Waals surface area contributed by atoms with Gasteiger partial charge in [-0.1, -0.05) is 6.92 Å². The van der Waals surface area contributed by atoms with Gasteiger partial charge >= 0.3 is 0 Å². The van der Waals surface area contributed by atoms with Crippen LogP contribution in [0.5, 0.6) is 0 Å². The molecule has 72 valence electrons. The van der Waals surface area contributed by atoms with E-state index in [1.807, 2.05) is 6.92 Å². The summed E-state index contributed by atoms with van der Waals surface area (Å²) in [6.07, 6.45) is 0.829. The third-order valence-electron chi connectivity index (χ3n) is 1.09. The minimum atomic E-state index is -0.116. The van der Waals surface area contributed by atoms with E-state index < -0.39 is 0 Å². The van der Waals surface area contributed by atoms with Crippen LogP contribution in [0.15, 0.2) is 0 Å². The molecule has 3 heteroatoms. The van der Waals surface area contributed by atoms with Gasteiger partial charge in [-0.15, -0.1) is 0 Å². The van der Waals surface area contributed by atoms with Crippen LogP contribution in [0.2, 0.25) is 0 Å². The van der Waals surface area contributed by atoms with Crippen molar-refractivity contribution in [3.05, 3.63) is 0 Å². The zero-order valence-electron chi connectivity index (χ0n) is 8.26. The molecule has 0 aromatic rings. The van der Waals surface area contributed by atoms with Gasteiger partial charge in [-0.05, 0) is 27.2 Å². The first-order chi connectivity index (χ1) is 5.40. The number of Topliss-reactive ketones (excluding diaryl/α,β-unsaturated/α-hetero) is 2. The number of carbonyl (C=O) groups is 2. The normalized spacial score (nSPS) is 11.1. The number of ketones is 2. The van der Waals surface area contributed by atoms with Crippen LogP contribution in [0.1, 0.15) is 40.5 Å². The highest BCUT2D eigenvalue weighted by Gasteiger charge is 1.94. The Morgan fingerprint density at radius 1 is 1.25 bits per heavy atom. The summed E-state index contributed by atoms with van der Waals surface area (Å²) >= 11 is 0. The molecule has 0 fully saturated rings. The molecule has 1 unspecified atom stereocenters. The van der Waals surface area contributed by atoms with Crippen molar-refractivity contribution < 1.29 is 14.7 Å². The van der Waals surface area contributed by atoms with Gasteiger partial charge in [-0.25, -0.2) is 0 Å². The summed E-state index contributed by atoms with van der Waals surface area (Å²) in [5.74, 6) is -0.125. The zero-order valence-corrected chi connectivity index (χ0v) is 8.26. The second kappa shape index (κ2) is 8.40. The minimum Gasteiger partial charge on any atom is -0.393 e. The maximum atomic E-state index is 10.0. The predicted octanol–water partition coefficient (Wildman–Crippen LogP) is 1.33. The SMILES string of the molecule is CC(=O)CC(C)=O.CCC(C)O. The van der Waals surface area contributed by atoms with Gasteiger partial charge in [-0.3, -0.25) is 9.59 Å². The van der Waals surface area contributed by atoms with Gasteiger partial charge in [0.1, 0.15) is 11.6 Å². The molecule has 12 heavy (non-hydrogen) atoms. The molecule has 0 spiro atoms. The fraction of sp³-hybridized carbons (Fsp3) is 0.778. The Bertz CT molecular complexity index is 127. The molecular formula is C9H18O3. The van der Waals surface area contributed by atoms with Crippen molar-refractivity contribution in [3.8, 4) is 0 Å². The predicted molar refractivity (Wildman–Crippen MR) is 48.0 cm³/mol. The van der Waals surface area contributed by atoms with Gasteiger partial charge < -0.3 is 5.11 Å². The van der Waals surface area contributed by atoms with Crippen molar-refractivity contribution >= 4 is 11.6 Å². The van der Waals surface area contributed by atoms with Gasteiger partial charge in [0, 0.05) is 0 Å². The van der Waals surface area contributed by atoms with E-state index in [9.17, 15) is 9.59 Å². The van der Waals surface area contributed by atoms with Gasteiger partial charge in [0.05, 0.1) is 12.5 Å². The van der Waals surface area contributed by atoms with Crippen LogP contribution in [0.25, 0.3) is 0 Å². The Labute approximate surface area is 73.8 Å². The molecular weight excluding hydrogens is 156 g/mol. The zero-order chi connectivity index (χ0) is 10.1. The van der Waals surface area contributed by atoms with Crippen molar-refractivity contribution in [2.45, 2.75) is 46.6 Å². The first-order valence-corrected chi connectivity index (χ1v) is 4.07. The minimum absolute atomic E-state index is 0.0625. The molecule has 0 bridgehead atoms. The highest BCUT2D eigenvalue weighted by Crippen LogP contribution is 1.81. The molecule has 0 aromatic heterocycles. The number of carbonyl (C=O) groups excluding carboxylic acids is 2. The molecule has 0 amide bonds. The summed E-state index contributed by atoms with van der Waals surface area (Å²) in [6.45, 7) is 6.54. The van der Waals surface area contributed by atoms with E-state index in [1.165, 1.54) is 13.8 Å². The van der Waals surface area contributed by atoms with Crippen molar-refractivity contribution in [1.29, 1.82) is 0 Å². The fourth-order valence-corrected chi connectivity index (χ4v) is 0.351. The molecule has 0 rings (SSSR count). The summed E-state index contributed by atoms with van der Waals surface area (Å²) in [5, 5.41) is 8.36. The first kappa shape index (κ1) is 13.9. The Balaban J connectivity index is 0. The van der Waals surface area contributed by atoms with E-state index >= 15 is 0 Å². The number of hydrogen-bond donors (Lipinski definition) is 1. The molecule has 0 saturated carbocycles. The van der Waals surface area contributed by atoms with E-state index in [0.717, 1.165) is 6.42 Å². The van der Waals surface area contributed by atoms with Crippen LogP contribution in [0, 0.1) is 0 Å². The lowest BCUT2D eigenvalue weighted by Crippen LogP contribution is -1.97. The quantitative estimate of drug-likeness (QED) is 0.657. The molecule has 0 aliphatic rings. The standard InChI is InChI=1S/C5H8O2.C4H10O/c1-4(6)3-5(2)7;1-3-4(2)5/h3H2,1-2H3;4-5H,3H2,1-2H3. The van der Waals surface area contributed by atoms with Gasteiger partial charge in [0.25, 0.3) is 0 Å². The maximum Gasteiger partial charge on any atom is 0.137 e. The second-order valence-corrected chi connectivity index (χ2v) is 2.84. The van der Waals surface area contributed by atoms with Crippen LogP contribution in [0.3, 0.4) is 0 Å². The molecule has 0 aromatic carbocycles. The number of aliphatic hydroxyl groups is 1. The lowest BCUT2D eigenvalue weighted by atomic mass is 10.2. The van der Waals surface area contributed by atoms with Crippen LogP contribution in [-0.4, -0.2) is 22.8 Å². The van der Waals surface area contributed by atoms with E-state index in [1.54, 1.807) is 6.92 Å². The summed E-state index contributed by atoms with van der Waals surface area (Å²) in [6, 6.07) is 0. The first-order valence-electron chi connectivity index (χ1n) is 4.07.